The van der Waals surface area contributed by atoms with E-state index in [1.807, 2.05) is 66.7 Å². The zero-order valence-electron chi connectivity index (χ0n) is 14.1. The van der Waals surface area contributed by atoms with Gasteiger partial charge in [0.25, 0.3) is 0 Å². The summed E-state index contributed by atoms with van der Waals surface area (Å²) in [5, 5.41) is 13.7. The monoisotopic (exact) mass is 364 g/mol. The van der Waals surface area contributed by atoms with Crippen molar-refractivity contribution in [3.05, 3.63) is 71.0 Å². The maximum absolute atomic E-state index is 5.73. The molecule has 0 aliphatic carbocycles. The summed E-state index contributed by atoms with van der Waals surface area (Å²) < 4.78 is 12.8. The first-order valence-electron chi connectivity index (χ1n) is 8.03. The Morgan fingerprint density at radius 3 is 2.65 bits per heavy atom. The number of hydrogen-bond donors (Lipinski definition) is 0. The van der Waals surface area contributed by atoms with Crippen LogP contribution in [0, 0.1) is 0 Å². The maximum Gasteiger partial charge on any atom is 0.235 e. The number of rotatable bonds is 6. The van der Waals surface area contributed by atoms with E-state index in [1.54, 1.807) is 11.6 Å². The molecule has 2 heterocycles. The van der Waals surface area contributed by atoms with E-state index in [-0.39, 0.29) is 0 Å². The largest absolute Gasteiger partial charge is 0.496 e. The van der Waals surface area contributed by atoms with Crippen molar-refractivity contribution in [2.45, 2.75) is 6.61 Å². The summed E-state index contributed by atoms with van der Waals surface area (Å²) in [6.07, 6.45) is 3.92. The van der Waals surface area contributed by atoms with Crippen molar-refractivity contribution in [1.29, 1.82) is 0 Å². The smallest absolute Gasteiger partial charge is 0.235 e. The van der Waals surface area contributed by atoms with Crippen LogP contribution in [0.25, 0.3) is 17.1 Å². The molecule has 0 spiro atoms. The fourth-order valence-corrected chi connectivity index (χ4v) is 3.22. The Morgan fingerprint density at radius 2 is 1.81 bits per heavy atom. The number of fused-ring (bicyclic) bond motifs is 1. The summed E-state index contributed by atoms with van der Waals surface area (Å²) in [6, 6.07) is 17.4. The van der Waals surface area contributed by atoms with E-state index in [0.717, 1.165) is 27.0 Å². The molecule has 4 aromatic rings. The number of benzene rings is 2. The van der Waals surface area contributed by atoms with Crippen molar-refractivity contribution in [1.82, 2.24) is 19.8 Å². The van der Waals surface area contributed by atoms with E-state index in [9.17, 15) is 0 Å². The summed E-state index contributed by atoms with van der Waals surface area (Å²) in [6.45, 7) is 0.310. The highest BCUT2D eigenvalue weighted by molar-refractivity contribution is 7.17. The van der Waals surface area contributed by atoms with Crippen molar-refractivity contribution in [3.63, 3.8) is 0 Å². The van der Waals surface area contributed by atoms with Crippen LogP contribution < -0.4 is 9.47 Å². The van der Waals surface area contributed by atoms with Crippen molar-refractivity contribution in [2.24, 2.45) is 0 Å². The molecule has 0 bridgehead atoms. The third kappa shape index (κ3) is 3.43. The summed E-state index contributed by atoms with van der Waals surface area (Å²) in [4.78, 5) is 0.733. The fourth-order valence-electron chi connectivity index (χ4n) is 2.46. The molecule has 0 N–H and O–H groups in total. The van der Waals surface area contributed by atoms with Crippen molar-refractivity contribution < 1.29 is 9.47 Å². The minimum absolute atomic E-state index is 0.310. The van der Waals surface area contributed by atoms with E-state index in [4.69, 9.17) is 9.47 Å². The minimum Gasteiger partial charge on any atom is -0.496 e. The highest BCUT2D eigenvalue weighted by Crippen LogP contribution is 2.22. The molecule has 0 saturated carbocycles. The average molecular weight is 364 g/mol. The molecule has 7 heteroatoms. The molecule has 6 nitrogen and oxygen atoms in total. The molecule has 0 radical (unpaired) electrons. The number of methoxy groups -OCH3 is 1. The Kier molecular flexibility index (Phi) is 4.61. The predicted molar refractivity (Wildman–Crippen MR) is 101 cm³/mol. The zero-order chi connectivity index (χ0) is 17.8. The van der Waals surface area contributed by atoms with Gasteiger partial charge in [-0.3, -0.25) is 0 Å². The quantitative estimate of drug-likeness (QED) is 0.518. The van der Waals surface area contributed by atoms with E-state index in [2.05, 4.69) is 15.3 Å². The van der Waals surface area contributed by atoms with Crippen LogP contribution in [0.15, 0.2) is 54.6 Å². The molecule has 0 aliphatic heterocycles. The Hall–Kier alpha value is -3.19. The molecule has 2 aromatic carbocycles. The first-order valence-corrected chi connectivity index (χ1v) is 8.85. The van der Waals surface area contributed by atoms with Crippen molar-refractivity contribution in [2.75, 3.05) is 7.11 Å². The summed E-state index contributed by atoms with van der Waals surface area (Å²) in [5.74, 6) is 2.27. The first-order chi connectivity index (χ1) is 12.8. The normalized spacial score (nSPS) is 11.3. The molecule has 0 unspecified atom stereocenters. The lowest BCUT2D eigenvalue weighted by Crippen LogP contribution is -2.02. The lowest BCUT2D eigenvalue weighted by molar-refractivity contribution is 0.292. The van der Waals surface area contributed by atoms with Gasteiger partial charge >= 0.3 is 0 Å². The van der Waals surface area contributed by atoms with Gasteiger partial charge in [-0.2, -0.15) is 9.61 Å². The van der Waals surface area contributed by atoms with Gasteiger partial charge in [-0.15, -0.1) is 10.2 Å². The first kappa shape index (κ1) is 16.3. The Labute approximate surface area is 154 Å². The van der Waals surface area contributed by atoms with Crippen LogP contribution >= 0.6 is 11.3 Å². The lowest BCUT2D eigenvalue weighted by atomic mass is 10.2. The van der Waals surface area contributed by atoms with Crippen LogP contribution in [0.2, 0.25) is 0 Å². The summed E-state index contributed by atoms with van der Waals surface area (Å²) >= 11 is 1.47. The molecular formula is C19H16N4O2S. The standard InChI is InChI=1S/C19H16N4O2S/c1-24-16-10-6-5-7-14(16)11-12-18-22-23-17(20-21-19(23)26-18)13-25-15-8-3-2-4-9-15/h2-12H,13H2,1H3. The van der Waals surface area contributed by atoms with Crippen LogP contribution in [0.3, 0.4) is 0 Å². The number of nitrogens with zero attached hydrogens (tertiary/aromatic N) is 4. The topological polar surface area (TPSA) is 61.5 Å². The van der Waals surface area contributed by atoms with Crippen molar-refractivity contribution >= 4 is 28.4 Å². The molecular weight excluding hydrogens is 348 g/mol. The van der Waals surface area contributed by atoms with Gasteiger partial charge in [-0.25, -0.2) is 0 Å². The van der Waals surface area contributed by atoms with E-state index in [1.165, 1.54) is 11.3 Å². The van der Waals surface area contributed by atoms with Crippen LogP contribution in [-0.2, 0) is 6.61 Å². The van der Waals surface area contributed by atoms with Gasteiger partial charge in [0.05, 0.1) is 7.11 Å². The molecule has 0 atom stereocenters. The van der Waals surface area contributed by atoms with E-state index >= 15 is 0 Å². The second-order valence-electron chi connectivity index (χ2n) is 5.43. The third-order valence-electron chi connectivity index (χ3n) is 3.73. The Bertz CT molecular complexity index is 1040. The summed E-state index contributed by atoms with van der Waals surface area (Å²) in [5.41, 5.74) is 0.994. The van der Waals surface area contributed by atoms with Gasteiger partial charge in [-0.05, 0) is 30.4 Å². The van der Waals surface area contributed by atoms with Gasteiger partial charge in [0.15, 0.2) is 5.82 Å². The predicted octanol–water partition coefficient (Wildman–Crippen LogP) is 3.94. The van der Waals surface area contributed by atoms with Gasteiger partial charge in [0.2, 0.25) is 4.96 Å². The summed E-state index contributed by atoms with van der Waals surface area (Å²) in [7, 11) is 1.66. The zero-order valence-corrected chi connectivity index (χ0v) is 14.9. The fraction of sp³-hybridized carbons (Fsp3) is 0.105. The molecule has 4 rings (SSSR count). The van der Waals surface area contributed by atoms with Gasteiger partial charge in [-0.1, -0.05) is 47.7 Å². The molecule has 0 aliphatic rings. The van der Waals surface area contributed by atoms with Gasteiger partial charge < -0.3 is 9.47 Å². The second-order valence-corrected chi connectivity index (χ2v) is 6.42. The highest BCUT2D eigenvalue weighted by Gasteiger charge is 2.11. The van der Waals surface area contributed by atoms with Gasteiger partial charge in [0, 0.05) is 5.56 Å². The number of aromatic nitrogens is 4. The minimum atomic E-state index is 0.310. The molecule has 130 valence electrons. The molecule has 0 amide bonds. The Balaban J connectivity index is 1.53. The van der Waals surface area contributed by atoms with Crippen molar-refractivity contribution in [3.8, 4) is 11.5 Å². The number of hydrogen-bond acceptors (Lipinski definition) is 6. The lowest BCUT2D eigenvalue weighted by Gasteiger charge is -2.03. The number of para-hydroxylation sites is 2. The maximum atomic E-state index is 5.73. The Morgan fingerprint density at radius 1 is 1.00 bits per heavy atom. The van der Waals surface area contributed by atoms with Crippen LogP contribution in [0.4, 0.5) is 0 Å². The average Bonchev–Trinajstić information content (AvgIpc) is 3.26. The number of ether oxygens (including phenoxy) is 2. The van der Waals surface area contributed by atoms with E-state index in [0.29, 0.717) is 12.4 Å². The second kappa shape index (κ2) is 7.37. The van der Waals surface area contributed by atoms with Gasteiger partial charge in [0.1, 0.15) is 23.1 Å². The van der Waals surface area contributed by atoms with Crippen LogP contribution in [0.1, 0.15) is 16.4 Å². The highest BCUT2D eigenvalue weighted by atomic mass is 32.1. The molecule has 0 saturated heterocycles. The third-order valence-corrected chi connectivity index (χ3v) is 4.59. The molecule has 26 heavy (non-hydrogen) atoms. The molecule has 2 aromatic heterocycles. The van der Waals surface area contributed by atoms with Crippen LogP contribution in [0.5, 0.6) is 11.5 Å². The van der Waals surface area contributed by atoms with E-state index < -0.39 is 0 Å². The SMILES string of the molecule is COc1ccccc1C=Cc1nn2c(COc3ccccc3)nnc2s1. The van der Waals surface area contributed by atoms with Crippen LogP contribution in [-0.4, -0.2) is 26.9 Å². The molecule has 0 fully saturated rings.